The van der Waals surface area contributed by atoms with Crippen molar-refractivity contribution in [2.45, 2.75) is 83.0 Å². The topological polar surface area (TPSA) is 20.2 Å². The maximum atomic E-state index is 9.80. The summed E-state index contributed by atoms with van der Waals surface area (Å²) in [5.74, 6) is 0.161. The van der Waals surface area contributed by atoms with E-state index in [1.165, 1.54) is 48.5 Å². The molecular weight excluding hydrogens is 411 g/mol. The first-order valence-electron chi connectivity index (χ1n) is 10.5. The van der Waals surface area contributed by atoms with Crippen molar-refractivity contribution in [2.75, 3.05) is 6.61 Å². The Labute approximate surface area is 160 Å². The van der Waals surface area contributed by atoms with Gasteiger partial charge in [0.15, 0.2) is 0 Å². The third kappa shape index (κ3) is 8.77. The minimum atomic E-state index is -2.06. The number of hydrogen-bond donors (Lipinski definition) is 1. The van der Waals surface area contributed by atoms with E-state index in [1.807, 2.05) is 6.07 Å². The number of benzene rings is 1. The molecule has 0 saturated heterocycles. The van der Waals surface area contributed by atoms with E-state index in [1.54, 1.807) is 13.3 Å². The summed E-state index contributed by atoms with van der Waals surface area (Å²) in [5.41, 5.74) is 1.23. The van der Waals surface area contributed by atoms with Crippen LogP contribution in [0.15, 0.2) is 42.5 Å². The van der Waals surface area contributed by atoms with Gasteiger partial charge in [-0.2, -0.15) is 0 Å². The summed E-state index contributed by atoms with van der Waals surface area (Å²) < 4.78 is 6.05. The predicted molar refractivity (Wildman–Crippen MR) is 115 cm³/mol. The molecule has 0 radical (unpaired) electrons. The van der Waals surface area contributed by atoms with Gasteiger partial charge in [-0.25, -0.2) is 0 Å². The van der Waals surface area contributed by atoms with Crippen molar-refractivity contribution in [3.63, 3.8) is 0 Å². The van der Waals surface area contributed by atoms with E-state index in [4.69, 9.17) is 0 Å². The fraction of sp³-hybridized carbons (Fsp3) is 0.652. The van der Waals surface area contributed by atoms with Gasteiger partial charge in [0.05, 0.1) is 0 Å². The van der Waals surface area contributed by atoms with Crippen LogP contribution in [0.1, 0.15) is 70.8 Å². The van der Waals surface area contributed by atoms with Crippen LogP contribution in [0.5, 0.6) is 0 Å². The molecule has 25 heavy (non-hydrogen) atoms. The molecule has 0 aliphatic heterocycles. The van der Waals surface area contributed by atoms with Crippen molar-refractivity contribution < 1.29 is 5.11 Å². The van der Waals surface area contributed by atoms with Crippen LogP contribution in [-0.2, 0) is 0 Å². The fourth-order valence-corrected chi connectivity index (χ4v) is 18.9. The zero-order chi connectivity index (χ0) is 18.4. The average molecular weight is 451 g/mol. The van der Waals surface area contributed by atoms with Crippen LogP contribution in [0.2, 0.25) is 17.7 Å². The van der Waals surface area contributed by atoms with Crippen LogP contribution in [0.4, 0.5) is 0 Å². The molecule has 0 aliphatic carbocycles. The van der Waals surface area contributed by atoms with Gasteiger partial charge in [-0.3, -0.25) is 0 Å². The second kappa shape index (κ2) is 13.9. The van der Waals surface area contributed by atoms with Crippen molar-refractivity contribution in [1.29, 1.82) is 0 Å². The van der Waals surface area contributed by atoms with Gasteiger partial charge in [0.25, 0.3) is 0 Å². The average Bonchev–Trinajstić information content (AvgIpc) is 2.66. The molecule has 1 atom stereocenters. The normalized spacial score (nSPS) is 13.4. The molecule has 1 aromatic rings. The Kier molecular flexibility index (Phi) is 12.6. The first kappa shape index (κ1) is 22.8. The number of unbranched alkanes of at least 4 members (excludes halogenated alkanes) is 3. The monoisotopic (exact) mass is 452 g/mol. The van der Waals surface area contributed by atoms with Crippen molar-refractivity contribution in [2.24, 2.45) is 0 Å². The molecule has 0 fully saturated rings. The van der Waals surface area contributed by atoms with E-state index in [2.05, 4.69) is 57.2 Å². The number of hydrogen-bond acceptors (Lipinski definition) is 1. The van der Waals surface area contributed by atoms with Crippen LogP contribution < -0.4 is 0 Å². The first-order chi connectivity index (χ1) is 12.2. The summed E-state index contributed by atoms with van der Waals surface area (Å²) in [4.78, 5) is 0. The van der Waals surface area contributed by atoms with Crippen molar-refractivity contribution >= 4 is 18.4 Å². The van der Waals surface area contributed by atoms with Gasteiger partial charge in [-0.15, -0.1) is 0 Å². The Morgan fingerprint density at radius 1 is 0.880 bits per heavy atom. The Morgan fingerprint density at radius 3 is 1.84 bits per heavy atom. The van der Waals surface area contributed by atoms with Gasteiger partial charge < -0.3 is 0 Å². The molecule has 1 aromatic carbocycles. The first-order valence-corrected chi connectivity index (χ1v) is 18.6. The third-order valence-corrected chi connectivity index (χ3v) is 20.8. The van der Waals surface area contributed by atoms with Crippen LogP contribution in [0.3, 0.4) is 0 Å². The molecule has 2 heteroatoms. The summed E-state index contributed by atoms with van der Waals surface area (Å²) in [6.45, 7) is 7.22. The van der Waals surface area contributed by atoms with Gasteiger partial charge in [0.1, 0.15) is 0 Å². The summed E-state index contributed by atoms with van der Waals surface area (Å²) in [7, 11) is 0. The quantitative estimate of drug-likeness (QED) is 0.235. The molecular formula is C23H40OSn. The molecule has 1 N–H and O–H groups in total. The molecule has 1 nitrogen and oxygen atoms in total. The second-order valence-corrected chi connectivity index (χ2v) is 21.7. The molecule has 0 aliphatic rings. The van der Waals surface area contributed by atoms with Gasteiger partial charge in [-0.1, -0.05) is 0 Å². The molecule has 1 rings (SSSR count). The maximum absolute atomic E-state index is 9.80. The zero-order valence-electron chi connectivity index (χ0n) is 16.8. The number of allylic oxidation sites excluding steroid dienone is 1. The standard InChI is InChI=1S/C11H13O.3C4H9.Sn/c1-2-6-11(9-12)10-7-4-3-5-8-10;3*1-3-4-2;/h2-8,11-12H,1,9H2;3*1,3-4H2,2H3;/b6-2+;;;;. The van der Waals surface area contributed by atoms with Crippen molar-refractivity contribution in [3.05, 3.63) is 48.0 Å². The molecule has 0 aromatic heterocycles. The summed E-state index contributed by atoms with van der Waals surface area (Å²) >= 11 is -2.06. The van der Waals surface area contributed by atoms with Crippen molar-refractivity contribution in [1.82, 2.24) is 0 Å². The Hall–Kier alpha value is -0.281. The van der Waals surface area contributed by atoms with E-state index in [0.717, 1.165) is 0 Å². The fourth-order valence-electron chi connectivity index (χ4n) is 3.80. The Morgan fingerprint density at radius 2 is 1.40 bits per heavy atom. The molecule has 0 saturated carbocycles. The molecule has 0 spiro atoms. The van der Waals surface area contributed by atoms with Gasteiger partial charge in [-0.05, 0) is 0 Å². The third-order valence-electron chi connectivity index (χ3n) is 5.53. The van der Waals surface area contributed by atoms with Gasteiger partial charge >= 0.3 is 161 Å². The van der Waals surface area contributed by atoms with Crippen LogP contribution in [-0.4, -0.2) is 30.1 Å². The van der Waals surface area contributed by atoms with Crippen molar-refractivity contribution in [3.8, 4) is 0 Å². The molecule has 0 amide bonds. The van der Waals surface area contributed by atoms with E-state index in [0.29, 0.717) is 0 Å². The van der Waals surface area contributed by atoms with E-state index in [-0.39, 0.29) is 12.5 Å². The zero-order valence-corrected chi connectivity index (χ0v) is 19.7. The van der Waals surface area contributed by atoms with Crippen LogP contribution in [0.25, 0.3) is 0 Å². The Balaban J connectivity index is 2.82. The van der Waals surface area contributed by atoms with Crippen LogP contribution >= 0.6 is 0 Å². The van der Waals surface area contributed by atoms with Crippen LogP contribution in [0, 0.1) is 0 Å². The number of rotatable bonds is 14. The Bertz CT molecular complexity index is 433. The SMILES string of the molecule is CCC[CH2][Sn]([CH2]/C=C/C(CO)c1ccccc1)([CH2]CCC)[CH2]CCC. The second-order valence-electron chi connectivity index (χ2n) is 7.64. The molecule has 142 valence electrons. The summed E-state index contributed by atoms with van der Waals surface area (Å²) in [6, 6.07) is 10.4. The molecule has 0 heterocycles. The summed E-state index contributed by atoms with van der Waals surface area (Å²) in [6.07, 6.45) is 13.1. The number of aliphatic hydroxyl groups excluding tert-OH is 1. The van der Waals surface area contributed by atoms with E-state index >= 15 is 0 Å². The molecule has 0 bridgehead atoms. The minimum absolute atomic E-state index is 0.161. The summed E-state index contributed by atoms with van der Waals surface area (Å²) in [5, 5.41) is 9.80. The number of aliphatic hydroxyl groups is 1. The van der Waals surface area contributed by atoms with E-state index in [9.17, 15) is 5.11 Å². The van der Waals surface area contributed by atoms with E-state index < -0.39 is 18.4 Å². The molecule has 1 unspecified atom stereocenters. The van der Waals surface area contributed by atoms with Gasteiger partial charge in [0, 0.05) is 0 Å². The predicted octanol–water partition coefficient (Wildman–Crippen LogP) is 7.17. The van der Waals surface area contributed by atoms with Gasteiger partial charge in [0.2, 0.25) is 0 Å².